The molecule has 5 rings (SSSR count). The first-order chi connectivity index (χ1) is 22.2. The van der Waals surface area contributed by atoms with Gasteiger partial charge in [-0.05, 0) is 80.9 Å². The lowest BCUT2D eigenvalue weighted by Crippen LogP contribution is -2.46. The molecule has 2 aliphatic rings. The van der Waals surface area contributed by atoms with Gasteiger partial charge in [-0.15, -0.1) is 10.2 Å². The highest BCUT2D eigenvalue weighted by Gasteiger charge is 2.40. The Morgan fingerprint density at radius 1 is 1.26 bits per heavy atom. The summed E-state index contributed by atoms with van der Waals surface area (Å²) in [6.45, 7) is 12.4. The first-order valence-electron chi connectivity index (χ1n) is 15.6. The van der Waals surface area contributed by atoms with Crippen LogP contribution in [0, 0.1) is 6.92 Å². The third kappa shape index (κ3) is 6.71. The summed E-state index contributed by atoms with van der Waals surface area (Å²) in [5.41, 5.74) is 3.40. The van der Waals surface area contributed by atoms with Gasteiger partial charge < -0.3 is 10.0 Å². The Bertz CT molecular complexity index is 1880. The van der Waals surface area contributed by atoms with Crippen molar-refractivity contribution in [2.45, 2.75) is 82.8 Å². The molecule has 1 N–H and O–H groups in total. The van der Waals surface area contributed by atoms with Gasteiger partial charge in [-0.25, -0.2) is 13.4 Å². The van der Waals surface area contributed by atoms with Gasteiger partial charge in [0.15, 0.2) is 5.65 Å². The number of piperidine rings is 1. The lowest BCUT2D eigenvalue weighted by Gasteiger charge is -2.36. The Labute approximate surface area is 272 Å². The molecular formula is C33H39F3N6O4S. The third-order valence-corrected chi connectivity index (χ3v) is 10.9. The molecule has 0 radical (unpaired) electrons. The number of nitrogens with zero attached hydrogens (tertiary/aromatic N) is 6. The van der Waals surface area contributed by atoms with Crippen LogP contribution in [0.25, 0.3) is 5.65 Å². The molecule has 252 valence electrons. The monoisotopic (exact) mass is 672 g/mol. The highest BCUT2D eigenvalue weighted by atomic mass is 32.2. The number of hydrogen-bond donors (Lipinski definition) is 1. The number of carboxylic acids is 1. The molecule has 0 aliphatic carbocycles. The number of anilines is 1. The number of rotatable bonds is 9. The van der Waals surface area contributed by atoms with Crippen molar-refractivity contribution < 1.29 is 31.5 Å². The SMILES string of the molecule is C=C(/C=C(CN1C[C@@H]2CCCCN2c2ncc(C)cc2S1(=O)=O)\C(C)=C/C)[C@H](CC(=O)O)c1ccn2c(C(F)(F)F)nnc2c1CC. The van der Waals surface area contributed by atoms with E-state index in [-0.39, 0.29) is 36.1 Å². The number of aliphatic carboxylic acids is 1. The van der Waals surface area contributed by atoms with E-state index < -0.39 is 40.3 Å². The summed E-state index contributed by atoms with van der Waals surface area (Å²) in [5.74, 6) is -2.66. The maximum absolute atomic E-state index is 14.3. The number of allylic oxidation sites excluding steroid dienone is 3. The summed E-state index contributed by atoms with van der Waals surface area (Å²) < 4.78 is 71.6. The molecule has 1 saturated heterocycles. The summed E-state index contributed by atoms with van der Waals surface area (Å²) in [5, 5.41) is 17.1. The summed E-state index contributed by atoms with van der Waals surface area (Å²) in [6.07, 6.45) is 4.32. The minimum Gasteiger partial charge on any atom is -0.481 e. The Hall–Kier alpha value is -4.04. The van der Waals surface area contributed by atoms with Gasteiger partial charge in [0.2, 0.25) is 15.8 Å². The highest BCUT2D eigenvalue weighted by molar-refractivity contribution is 7.89. The molecule has 1 fully saturated rings. The Kier molecular flexibility index (Phi) is 9.65. The van der Waals surface area contributed by atoms with Crippen LogP contribution < -0.4 is 4.90 Å². The van der Waals surface area contributed by atoms with E-state index in [4.69, 9.17) is 0 Å². The van der Waals surface area contributed by atoms with Gasteiger partial charge >= 0.3 is 12.1 Å². The van der Waals surface area contributed by atoms with Gasteiger partial charge in [0.1, 0.15) is 10.7 Å². The number of alkyl halides is 3. The average Bonchev–Trinajstić information content (AvgIpc) is 3.44. The van der Waals surface area contributed by atoms with E-state index in [1.807, 2.05) is 19.9 Å². The number of fused-ring (bicyclic) bond motifs is 4. The van der Waals surface area contributed by atoms with Gasteiger partial charge in [0.25, 0.3) is 0 Å². The molecule has 14 heteroatoms. The number of carboxylic acid groups (broad SMARTS) is 1. The van der Waals surface area contributed by atoms with E-state index in [1.54, 1.807) is 32.2 Å². The minimum absolute atomic E-state index is 0.00777. The van der Waals surface area contributed by atoms with Crippen LogP contribution >= 0.6 is 0 Å². The summed E-state index contributed by atoms with van der Waals surface area (Å²) >= 11 is 0. The summed E-state index contributed by atoms with van der Waals surface area (Å²) in [6, 6.07) is 3.06. The Morgan fingerprint density at radius 3 is 2.66 bits per heavy atom. The average molecular weight is 673 g/mol. The summed E-state index contributed by atoms with van der Waals surface area (Å²) in [7, 11) is -3.98. The van der Waals surface area contributed by atoms with Crippen molar-refractivity contribution in [2.75, 3.05) is 24.5 Å². The fourth-order valence-electron chi connectivity index (χ4n) is 6.54. The van der Waals surface area contributed by atoms with E-state index in [0.717, 1.165) is 34.8 Å². The number of sulfonamides is 1. The zero-order valence-corrected chi connectivity index (χ0v) is 27.7. The molecule has 2 atom stereocenters. The van der Waals surface area contributed by atoms with Crippen molar-refractivity contribution in [3.63, 3.8) is 0 Å². The molecule has 0 aromatic carbocycles. The normalized spacial score (nSPS) is 19.6. The fourth-order valence-corrected chi connectivity index (χ4v) is 8.23. The van der Waals surface area contributed by atoms with E-state index in [9.17, 15) is 31.5 Å². The maximum Gasteiger partial charge on any atom is 0.452 e. The minimum atomic E-state index is -4.73. The number of aryl methyl sites for hydroxylation is 2. The van der Waals surface area contributed by atoms with Crippen molar-refractivity contribution in [3.05, 3.63) is 82.5 Å². The van der Waals surface area contributed by atoms with Gasteiger partial charge in [0, 0.05) is 49.6 Å². The molecule has 0 bridgehead atoms. The quantitative estimate of drug-likeness (QED) is 0.272. The topological polar surface area (TPSA) is 121 Å². The Balaban J connectivity index is 1.58. The third-order valence-electron chi connectivity index (χ3n) is 9.07. The molecule has 47 heavy (non-hydrogen) atoms. The van der Waals surface area contributed by atoms with Gasteiger partial charge in [0.05, 0.1) is 6.42 Å². The van der Waals surface area contributed by atoms with Crippen molar-refractivity contribution >= 4 is 27.5 Å². The fraction of sp³-hybridized carbons (Fsp3) is 0.455. The largest absolute Gasteiger partial charge is 0.481 e. The van der Waals surface area contributed by atoms with E-state index in [2.05, 4.69) is 26.7 Å². The second-order valence-corrected chi connectivity index (χ2v) is 14.1. The molecule has 3 aromatic rings. The zero-order valence-electron chi connectivity index (χ0n) is 26.9. The molecule has 0 spiro atoms. The molecule has 10 nitrogen and oxygen atoms in total. The maximum atomic E-state index is 14.3. The van der Waals surface area contributed by atoms with E-state index >= 15 is 0 Å². The van der Waals surface area contributed by atoms with Gasteiger partial charge in [-0.3, -0.25) is 9.20 Å². The van der Waals surface area contributed by atoms with Crippen LogP contribution in [0.15, 0.2) is 64.9 Å². The number of hydrogen-bond acceptors (Lipinski definition) is 7. The lowest BCUT2D eigenvalue weighted by molar-refractivity contribution is -0.145. The van der Waals surface area contributed by atoms with Crippen LogP contribution in [-0.4, -0.2) is 69.1 Å². The zero-order chi connectivity index (χ0) is 34.3. The van der Waals surface area contributed by atoms with Crippen molar-refractivity contribution in [1.82, 2.24) is 23.9 Å². The second-order valence-electron chi connectivity index (χ2n) is 12.2. The van der Waals surface area contributed by atoms with E-state index in [1.165, 1.54) is 16.6 Å². The Morgan fingerprint density at radius 2 is 2.00 bits per heavy atom. The number of carbonyl (C=O) groups is 1. The summed E-state index contributed by atoms with van der Waals surface area (Å²) in [4.78, 5) is 18.9. The standard InChI is InChI=1S/C33H39F3N6O4S/c1-6-21(4)23(18-40-19-24-10-8-9-12-41(24)31-28(47(40,45)46)14-20(3)17-37-31)15-22(5)27(16-29(43)44)26-11-13-42-30(25(26)7-2)38-39-32(42)33(34,35)36/h6,11,13-15,17,24,27H,5,7-10,12,16,18-19H2,1-4H3,(H,43,44)/b21-6-,23-15-/t24-,27-/m0/s1. The number of pyridine rings is 2. The van der Waals surface area contributed by atoms with Crippen LogP contribution in [0.5, 0.6) is 0 Å². The van der Waals surface area contributed by atoms with Crippen LogP contribution in [0.1, 0.15) is 74.9 Å². The van der Waals surface area contributed by atoms with Crippen molar-refractivity contribution in [2.24, 2.45) is 0 Å². The predicted octanol–water partition coefficient (Wildman–Crippen LogP) is 6.08. The molecular weight excluding hydrogens is 633 g/mol. The first kappa shape index (κ1) is 34.3. The first-order valence-corrected chi connectivity index (χ1v) is 17.0. The number of halogens is 3. The predicted molar refractivity (Wildman–Crippen MR) is 172 cm³/mol. The molecule has 0 amide bonds. The van der Waals surface area contributed by atoms with Gasteiger partial charge in [-0.2, -0.15) is 17.5 Å². The lowest BCUT2D eigenvalue weighted by atomic mass is 9.84. The van der Waals surface area contributed by atoms with Crippen molar-refractivity contribution in [1.29, 1.82) is 0 Å². The number of aromatic nitrogens is 4. The molecule has 0 unspecified atom stereocenters. The van der Waals surface area contributed by atoms with Crippen LogP contribution in [0.4, 0.5) is 19.0 Å². The van der Waals surface area contributed by atoms with Crippen molar-refractivity contribution in [3.8, 4) is 0 Å². The van der Waals surface area contributed by atoms with Crippen LogP contribution in [0.3, 0.4) is 0 Å². The highest BCUT2D eigenvalue weighted by Crippen LogP contribution is 2.38. The second kappa shape index (κ2) is 13.2. The molecule has 2 aliphatic heterocycles. The van der Waals surface area contributed by atoms with E-state index in [0.29, 0.717) is 34.6 Å². The van der Waals surface area contributed by atoms with Gasteiger partial charge in [-0.1, -0.05) is 31.2 Å². The molecule has 0 saturated carbocycles. The molecule has 3 aromatic heterocycles. The smallest absolute Gasteiger partial charge is 0.452 e. The molecule has 5 heterocycles. The van der Waals surface area contributed by atoms with Crippen LogP contribution in [-0.2, 0) is 27.4 Å². The van der Waals surface area contributed by atoms with Crippen LogP contribution in [0.2, 0.25) is 0 Å².